The van der Waals surface area contributed by atoms with Crippen molar-refractivity contribution >= 4 is 17.7 Å². The Kier molecular flexibility index (Phi) is 6.68. The lowest BCUT2D eigenvalue weighted by Gasteiger charge is -2.35. The van der Waals surface area contributed by atoms with Crippen LogP contribution in [-0.4, -0.2) is 41.3 Å². The Morgan fingerprint density at radius 1 is 1.00 bits per heavy atom. The third kappa shape index (κ3) is 4.59. The van der Waals surface area contributed by atoms with Crippen LogP contribution >= 0.6 is 0 Å². The summed E-state index contributed by atoms with van der Waals surface area (Å²) >= 11 is 0. The molecule has 0 aliphatic carbocycles. The van der Waals surface area contributed by atoms with Crippen molar-refractivity contribution in [1.29, 1.82) is 0 Å². The van der Waals surface area contributed by atoms with Gasteiger partial charge in [-0.05, 0) is 50.7 Å². The molecule has 0 spiro atoms. The summed E-state index contributed by atoms with van der Waals surface area (Å²) < 4.78 is 5.77. The predicted molar refractivity (Wildman–Crippen MR) is 127 cm³/mol. The van der Waals surface area contributed by atoms with Gasteiger partial charge in [0.15, 0.2) is 5.78 Å². The number of ketones is 1. The smallest absolute Gasteiger partial charge is 0.319 e. The maximum atomic E-state index is 14.0. The first-order valence-corrected chi connectivity index (χ1v) is 12.0. The van der Waals surface area contributed by atoms with Gasteiger partial charge in [-0.3, -0.25) is 14.4 Å². The minimum atomic E-state index is -0.984. The summed E-state index contributed by atoms with van der Waals surface area (Å²) in [5, 5.41) is 0. The molecule has 5 nitrogen and oxygen atoms in total. The van der Waals surface area contributed by atoms with E-state index in [4.69, 9.17) is 4.74 Å². The Bertz CT molecular complexity index is 1010. The van der Waals surface area contributed by atoms with Crippen molar-refractivity contribution in [1.82, 2.24) is 4.90 Å². The van der Waals surface area contributed by atoms with Crippen LogP contribution in [0.5, 0.6) is 0 Å². The van der Waals surface area contributed by atoms with Gasteiger partial charge in [-0.1, -0.05) is 61.5 Å². The van der Waals surface area contributed by atoms with E-state index in [1.807, 2.05) is 68.4 Å². The van der Waals surface area contributed by atoms with Crippen molar-refractivity contribution in [3.63, 3.8) is 0 Å². The van der Waals surface area contributed by atoms with E-state index >= 15 is 0 Å². The molecule has 5 heteroatoms. The second-order valence-corrected chi connectivity index (χ2v) is 9.72. The molecule has 2 aliphatic heterocycles. The van der Waals surface area contributed by atoms with Crippen molar-refractivity contribution in [3.05, 3.63) is 71.3 Å². The molecule has 0 aromatic heterocycles. The van der Waals surface area contributed by atoms with E-state index in [1.54, 1.807) is 4.90 Å². The van der Waals surface area contributed by atoms with Gasteiger partial charge in [-0.2, -0.15) is 0 Å². The highest BCUT2D eigenvalue weighted by Gasteiger charge is 2.58. The lowest BCUT2D eigenvalue weighted by Crippen LogP contribution is -2.47. The van der Waals surface area contributed by atoms with Crippen molar-refractivity contribution in [2.24, 2.45) is 11.8 Å². The van der Waals surface area contributed by atoms with Gasteiger partial charge < -0.3 is 9.64 Å². The van der Waals surface area contributed by atoms with E-state index in [0.717, 1.165) is 36.8 Å². The number of nitrogens with zero attached hydrogens (tertiary/aromatic N) is 1. The Labute approximate surface area is 196 Å². The summed E-state index contributed by atoms with van der Waals surface area (Å²) in [7, 11) is 0. The molecular weight excluding hydrogens is 414 g/mol. The average Bonchev–Trinajstić information content (AvgIpc) is 3.08. The fourth-order valence-electron chi connectivity index (χ4n) is 5.36. The maximum Gasteiger partial charge on any atom is 0.319 e. The predicted octanol–water partition coefficient (Wildman–Crippen LogP) is 4.80. The number of amides is 1. The maximum absolute atomic E-state index is 14.0. The third-order valence-electron chi connectivity index (χ3n) is 7.16. The number of hydrogen-bond acceptors (Lipinski definition) is 4. The topological polar surface area (TPSA) is 63.7 Å². The molecule has 2 aromatic carbocycles. The molecule has 2 saturated heterocycles. The summed E-state index contributed by atoms with van der Waals surface area (Å²) in [6.07, 6.45) is 3.85. The van der Waals surface area contributed by atoms with E-state index < -0.39 is 29.3 Å². The van der Waals surface area contributed by atoms with Gasteiger partial charge in [0.05, 0.1) is 5.92 Å². The molecule has 0 radical (unpaired) electrons. The molecular formula is C28H33NO4. The van der Waals surface area contributed by atoms with Gasteiger partial charge in [0.1, 0.15) is 11.5 Å². The normalized spacial score (nSPS) is 23.1. The summed E-state index contributed by atoms with van der Waals surface area (Å²) in [6, 6.07) is 17.1. The second-order valence-electron chi connectivity index (χ2n) is 9.72. The summed E-state index contributed by atoms with van der Waals surface area (Å²) in [6.45, 7) is 7.02. The fraction of sp³-hybridized carbons (Fsp3) is 0.464. The summed E-state index contributed by atoms with van der Waals surface area (Å²) in [5.74, 6) is -3.06. The van der Waals surface area contributed by atoms with Gasteiger partial charge in [0.25, 0.3) is 0 Å². The SMILES string of the molecule is CCc1ccc(C(=O)C(c2ccccc2)C2C(C(=O)N3CCCCC3)C(=O)OC2(C)C)cc1. The number of cyclic esters (lactones) is 1. The number of esters is 1. The zero-order chi connectivity index (χ0) is 23.6. The molecule has 3 unspecified atom stereocenters. The highest BCUT2D eigenvalue weighted by atomic mass is 16.6. The molecule has 2 aromatic rings. The summed E-state index contributed by atoms with van der Waals surface area (Å²) in [4.78, 5) is 42.4. The molecule has 2 fully saturated rings. The highest BCUT2D eigenvalue weighted by Crippen LogP contribution is 2.48. The van der Waals surface area contributed by atoms with Gasteiger partial charge in [0, 0.05) is 24.6 Å². The van der Waals surface area contributed by atoms with Gasteiger partial charge in [-0.15, -0.1) is 0 Å². The lowest BCUT2D eigenvalue weighted by molar-refractivity contribution is -0.153. The Balaban J connectivity index is 1.78. The molecule has 174 valence electrons. The first-order chi connectivity index (χ1) is 15.8. The number of piperidine rings is 1. The number of Topliss-reactive ketones (excluding diaryl/α,β-unsaturated/α-hetero) is 1. The average molecular weight is 448 g/mol. The zero-order valence-corrected chi connectivity index (χ0v) is 19.8. The highest BCUT2D eigenvalue weighted by molar-refractivity contribution is 6.05. The number of aryl methyl sites for hydroxylation is 1. The molecule has 2 aliphatic rings. The number of hydrogen-bond donors (Lipinski definition) is 0. The van der Waals surface area contributed by atoms with Crippen molar-refractivity contribution in [2.45, 2.75) is 58.0 Å². The zero-order valence-electron chi connectivity index (χ0n) is 19.8. The summed E-state index contributed by atoms with van der Waals surface area (Å²) in [5.41, 5.74) is 1.59. The molecule has 0 bridgehead atoms. The monoisotopic (exact) mass is 447 g/mol. The first-order valence-electron chi connectivity index (χ1n) is 12.0. The van der Waals surface area contributed by atoms with E-state index in [9.17, 15) is 14.4 Å². The van der Waals surface area contributed by atoms with Crippen LogP contribution in [0.3, 0.4) is 0 Å². The van der Waals surface area contributed by atoms with Crippen molar-refractivity contribution in [3.8, 4) is 0 Å². The van der Waals surface area contributed by atoms with Crippen molar-refractivity contribution < 1.29 is 19.1 Å². The number of rotatable bonds is 6. The van der Waals surface area contributed by atoms with E-state index in [1.165, 1.54) is 0 Å². The minimum absolute atomic E-state index is 0.0864. The first kappa shape index (κ1) is 23.2. The van der Waals surface area contributed by atoms with Crippen molar-refractivity contribution in [2.75, 3.05) is 13.1 Å². The molecule has 3 atom stereocenters. The lowest BCUT2D eigenvalue weighted by atomic mass is 9.68. The largest absolute Gasteiger partial charge is 0.459 e. The van der Waals surface area contributed by atoms with E-state index in [2.05, 4.69) is 6.92 Å². The molecule has 33 heavy (non-hydrogen) atoms. The fourth-order valence-corrected chi connectivity index (χ4v) is 5.36. The molecule has 2 heterocycles. The molecule has 0 saturated carbocycles. The minimum Gasteiger partial charge on any atom is -0.459 e. The van der Waals surface area contributed by atoms with Crippen LogP contribution in [0.25, 0.3) is 0 Å². The number of ether oxygens (including phenoxy) is 1. The number of likely N-dealkylation sites (tertiary alicyclic amines) is 1. The van der Waals surface area contributed by atoms with Crippen LogP contribution in [0.1, 0.15) is 67.4 Å². The van der Waals surface area contributed by atoms with Crippen LogP contribution in [0.4, 0.5) is 0 Å². The quantitative estimate of drug-likeness (QED) is 0.363. The molecule has 4 rings (SSSR count). The van der Waals surface area contributed by atoms with E-state index in [-0.39, 0.29) is 11.7 Å². The van der Waals surface area contributed by atoms with Gasteiger partial charge >= 0.3 is 5.97 Å². The standard InChI is InChI=1S/C28H33NO4/c1-4-19-13-15-21(16-14-19)25(30)22(20-11-7-5-8-12-20)24-23(27(32)33-28(24,2)3)26(31)29-17-9-6-10-18-29/h5,7-8,11-16,22-24H,4,6,9-10,17-18H2,1-3H3. The van der Waals surface area contributed by atoms with Crippen LogP contribution in [0, 0.1) is 11.8 Å². The van der Waals surface area contributed by atoms with Gasteiger partial charge in [-0.25, -0.2) is 0 Å². The number of benzene rings is 2. The Morgan fingerprint density at radius 2 is 1.64 bits per heavy atom. The molecule has 0 N–H and O–H groups in total. The van der Waals surface area contributed by atoms with Crippen LogP contribution in [0.15, 0.2) is 54.6 Å². The van der Waals surface area contributed by atoms with E-state index in [0.29, 0.717) is 18.7 Å². The Morgan fingerprint density at radius 3 is 2.24 bits per heavy atom. The number of carbonyl (C=O) groups excluding carboxylic acids is 3. The molecule has 1 amide bonds. The van der Waals surface area contributed by atoms with Crippen LogP contribution < -0.4 is 0 Å². The number of carbonyl (C=O) groups is 3. The Hall–Kier alpha value is -2.95. The van der Waals surface area contributed by atoms with Crippen LogP contribution in [-0.2, 0) is 20.7 Å². The second kappa shape index (κ2) is 9.50. The van der Waals surface area contributed by atoms with Gasteiger partial charge in [0.2, 0.25) is 5.91 Å². The third-order valence-corrected chi connectivity index (χ3v) is 7.16. The van der Waals surface area contributed by atoms with Crippen LogP contribution in [0.2, 0.25) is 0 Å².